The maximum atomic E-state index is 13.5. The molecule has 3 unspecified atom stereocenters. The number of rotatable bonds is 1. The van der Waals surface area contributed by atoms with E-state index in [0.717, 1.165) is 30.5 Å². The SMILES string of the molecule is FC(F)(F)c1ccccc1C1c2ccc(Cl)cc2C2NCCCC21. The molecule has 3 atom stereocenters. The fourth-order valence-electron chi connectivity index (χ4n) is 4.37. The van der Waals surface area contributed by atoms with E-state index in [4.69, 9.17) is 11.6 Å². The van der Waals surface area contributed by atoms with Gasteiger partial charge in [0.05, 0.1) is 5.56 Å². The number of alkyl halides is 3. The number of benzene rings is 2. The van der Waals surface area contributed by atoms with Crippen molar-refractivity contribution in [1.82, 2.24) is 5.32 Å². The van der Waals surface area contributed by atoms with Gasteiger partial charge in [-0.3, -0.25) is 0 Å². The molecule has 2 aromatic rings. The predicted molar refractivity (Wildman–Crippen MR) is 88.2 cm³/mol. The van der Waals surface area contributed by atoms with Gasteiger partial charge in [0.15, 0.2) is 0 Å². The maximum Gasteiger partial charge on any atom is 0.416 e. The highest BCUT2D eigenvalue weighted by molar-refractivity contribution is 6.30. The van der Waals surface area contributed by atoms with Gasteiger partial charge in [-0.25, -0.2) is 0 Å². The molecule has 0 radical (unpaired) electrons. The summed E-state index contributed by atoms with van der Waals surface area (Å²) in [6, 6.07) is 11.6. The molecule has 1 aliphatic carbocycles. The Kier molecular flexibility index (Phi) is 3.85. The van der Waals surface area contributed by atoms with Crippen LogP contribution in [0.2, 0.25) is 5.02 Å². The van der Waals surface area contributed by atoms with Crippen molar-refractivity contribution >= 4 is 11.6 Å². The molecule has 1 aliphatic heterocycles. The van der Waals surface area contributed by atoms with Crippen molar-refractivity contribution in [2.45, 2.75) is 31.0 Å². The van der Waals surface area contributed by atoms with Gasteiger partial charge >= 0.3 is 6.18 Å². The molecule has 0 saturated carbocycles. The number of nitrogens with one attached hydrogen (secondary N) is 1. The van der Waals surface area contributed by atoms with Crippen LogP contribution in [0.25, 0.3) is 0 Å². The summed E-state index contributed by atoms with van der Waals surface area (Å²) in [6.07, 6.45) is -2.45. The molecule has 0 amide bonds. The third-order valence-corrected chi connectivity index (χ3v) is 5.49. The van der Waals surface area contributed by atoms with Crippen LogP contribution in [0.15, 0.2) is 42.5 Å². The third-order valence-electron chi connectivity index (χ3n) is 5.25. The number of piperidine rings is 1. The van der Waals surface area contributed by atoms with Crippen LogP contribution in [0.3, 0.4) is 0 Å². The third kappa shape index (κ3) is 2.52. The standard InChI is InChI=1S/C19H17ClF3N/c20-11-7-8-12-15(10-11)18-14(5-3-9-24-18)17(12)13-4-1-2-6-16(13)19(21,22)23/h1-2,4,6-8,10,14,17-18,24H,3,5,9H2. The smallest absolute Gasteiger partial charge is 0.310 e. The Morgan fingerprint density at radius 3 is 2.58 bits per heavy atom. The average molecular weight is 352 g/mol. The molecule has 24 heavy (non-hydrogen) atoms. The van der Waals surface area contributed by atoms with Crippen molar-refractivity contribution in [2.24, 2.45) is 5.92 Å². The fraction of sp³-hybridized carbons (Fsp3) is 0.368. The predicted octanol–water partition coefficient (Wildman–Crippen LogP) is 5.55. The fourth-order valence-corrected chi connectivity index (χ4v) is 4.55. The molecule has 1 heterocycles. The molecular weight excluding hydrogens is 335 g/mol. The Hall–Kier alpha value is -1.52. The van der Waals surface area contributed by atoms with Crippen molar-refractivity contribution in [3.63, 3.8) is 0 Å². The molecule has 4 rings (SSSR count). The summed E-state index contributed by atoms with van der Waals surface area (Å²) in [5.41, 5.74) is 1.88. The first-order valence-electron chi connectivity index (χ1n) is 8.15. The van der Waals surface area contributed by atoms with E-state index in [0.29, 0.717) is 10.6 Å². The van der Waals surface area contributed by atoms with E-state index < -0.39 is 11.7 Å². The van der Waals surface area contributed by atoms with Gasteiger partial charge in [0, 0.05) is 17.0 Å². The molecule has 0 spiro atoms. The monoisotopic (exact) mass is 351 g/mol. The lowest BCUT2D eigenvalue weighted by Gasteiger charge is -2.32. The average Bonchev–Trinajstić information content (AvgIpc) is 2.88. The number of hydrogen-bond acceptors (Lipinski definition) is 1. The number of hydrogen-bond donors (Lipinski definition) is 1. The second-order valence-corrected chi connectivity index (χ2v) is 7.01. The van der Waals surface area contributed by atoms with Crippen molar-refractivity contribution in [1.29, 1.82) is 0 Å². The second kappa shape index (κ2) is 5.78. The van der Waals surface area contributed by atoms with Crippen LogP contribution in [-0.4, -0.2) is 6.54 Å². The van der Waals surface area contributed by atoms with Gasteiger partial charge in [0.25, 0.3) is 0 Å². The van der Waals surface area contributed by atoms with Gasteiger partial charge in [0.1, 0.15) is 0 Å². The molecule has 1 nitrogen and oxygen atoms in total. The highest BCUT2D eigenvalue weighted by Gasteiger charge is 2.45. The minimum Gasteiger partial charge on any atom is -0.310 e. The quantitative estimate of drug-likeness (QED) is 0.710. The first-order valence-corrected chi connectivity index (χ1v) is 8.53. The first-order chi connectivity index (χ1) is 11.5. The zero-order chi connectivity index (χ0) is 16.9. The van der Waals surface area contributed by atoms with E-state index in [9.17, 15) is 13.2 Å². The highest BCUT2D eigenvalue weighted by Crippen LogP contribution is 2.54. The van der Waals surface area contributed by atoms with Gasteiger partial charge in [-0.2, -0.15) is 13.2 Å². The number of halogens is 4. The van der Waals surface area contributed by atoms with Crippen LogP contribution in [0.5, 0.6) is 0 Å². The largest absolute Gasteiger partial charge is 0.416 e. The minimum atomic E-state index is -4.34. The van der Waals surface area contributed by atoms with Crippen LogP contribution in [0, 0.1) is 5.92 Å². The second-order valence-electron chi connectivity index (χ2n) is 6.57. The maximum absolute atomic E-state index is 13.5. The Morgan fingerprint density at radius 2 is 1.79 bits per heavy atom. The normalized spacial score (nSPS) is 26.1. The Bertz CT molecular complexity index is 771. The molecule has 0 aromatic heterocycles. The molecule has 2 aromatic carbocycles. The lowest BCUT2D eigenvalue weighted by molar-refractivity contribution is -0.138. The van der Waals surface area contributed by atoms with Crippen molar-refractivity contribution in [3.05, 3.63) is 69.7 Å². The summed E-state index contributed by atoms with van der Waals surface area (Å²) >= 11 is 6.14. The summed E-state index contributed by atoms with van der Waals surface area (Å²) in [7, 11) is 0. The summed E-state index contributed by atoms with van der Waals surface area (Å²) in [5.74, 6) is -0.108. The van der Waals surface area contributed by atoms with Gasteiger partial charge < -0.3 is 5.32 Å². The lowest BCUT2D eigenvalue weighted by atomic mass is 9.79. The first kappa shape index (κ1) is 16.0. The van der Waals surface area contributed by atoms with E-state index in [2.05, 4.69) is 5.32 Å². The molecule has 126 valence electrons. The topological polar surface area (TPSA) is 12.0 Å². The van der Waals surface area contributed by atoms with Gasteiger partial charge in [-0.1, -0.05) is 35.9 Å². The number of fused-ring (bicyclic) bond motifs is 3. The minimum absolute atomic E-state index is 0.0822. The Balaban J connectivity index is 1.90. The van der Waals surface area contributed by atoms with Crippen molar-refractivity contribution in [2.75, 3.05) is 6.54 Å². The molecule has 1 N–H and O–H groups in total. The Labute approximate surface area is 143 Å². The zero-order valence-electron chi connectivity index (χ0n) is 12.9. The zero-order valence-corrected chi connectivity index (χ0v) is 13.7. The van der Waals surface area contributed by atoms with E-state index in [-0.39, 0.29) is 17.9 Å². The molecule has 2 aliphatic rings. The van der Waals surface area contributed by atoms with Crippen LogP contribution in [0.4, 0.5) is 13.2 Å². The molecule has 1 saturated heterocycles. The van der Waals surface area contributed by atoms with E-state index in [1.165, 1.54) is 12.1 Å². The van der Waals surface area contributed by atoms with Crippen molar-refractivity contribution in [3.8, 4) is 0 Å². The van der Waals surface area contributed by atoms with Crippen LogP contribution < -0.4 is 5.32 Å². The lowest BCUT2D eigenvalue weighted by Crippen LogP contribution is -2.33. The Morgan fingerprint density at radius 1 is 1.00 bits per heavy atom. The molecule has 0 bridgehead atoms. The van der Waals surface area contributed by atoms with Gasteiger partial charge in [-0.05, 0) is 60.2 Å². The van der Waals surface area contributed by atoms with Crippen LogP contribution >= 0.6 is 11.6 Å². The van der Waals surface area contributed by atoms with E-state index in [1.54, 1.807) is 18.2 Å². The van der Waals surface area contributed by atoms with Crippen molar-refractivity contribution < 1.29 is 13.2 Å². The molecule has 5 heteroatoms. The van der Waals surface area contributed by atoms with Gasteiger partial charge in [-0.15, -0.1) is 0 Å². The summed E-state index contributed by atoms with van der Waals surface area (Å²) in [6.45, 7) is 0.890. The summed E-state index contributed by atoms with van der Waals surface area (Å²) in [4.78, 5) is 0. The van der Waals surface area contributed by atoms with Crippen LogP contribution in [-0.2, 0) is 6.18 Å². The van der Waals surface area contributed by atoms with E-state index in [1.807, 2.05) is 12.1 Å². The van der Waals surface area contributed by atoms with Crippen LogP contribution in [0.1, 0.15) is 47.1 Å². The molecule has 1 fully saturated rings. The summed E-state index contributed by atoms with van der Waals surface area (Å²) in [5, 5.41) is 4.11. The molecular formula is C19H17ClF3N. The highest BCUT2D eigenvalue weighted by atomic mass is 35.5. The summed E-state index contributed by atoms with van der Waals surface area (Å²) < 4.78 is 40.6. The van der Waals surface area contributed by atoms with E-state index >= 15 is 0 Å². The van der Waals surface area contributed by atoms with Gasteiger partial charge in [0.2, 0.25) is 0 Å².